The summed E-state index contributed by atoms with van der Waals surface area (Å²) in [7, 11) is 1.27. The third kappa shape index (κ3) is 8.49. The van der Waals surface area contributed by atoms with E-state index >= 15 is 0 Å². The largest absolute Gasteiger partial charge is 0.490 e. The number of ether oxygens (including phenoxy) is 5. The fourth-order valence-corrected chi connectivity index (χ4v) is 8.76. The van der Waals surface area contributed by atoms with E-state index in [1.165, 1.54) is 23.0 Å². The van der Waals surface area contributed by atoms with Gasteiger partial charge in [-0.2, -0.15) is 0 Å². The van der Waals surface area contributed by atoms with Crippen LogP contribution < -0.4 is 29.1 Å². The Balaban J connectivity index is 1.56. The van der Waals surface area contributed by atoms with Crippen LogP contribution in [0.25, 0.3) is 6.08 Å². The number of allylic oxidation sites excluding steroid dienone is 1. The molecule has 0 bridgehead atoms. The summed E-state index contributed by atoms with van der Waals surface area (Å²) in [5.74, 6) is 0.186. The zero-order valence-electron chi connectivity index (χ0n) is 27.2. The Morgan fingerprint density at radius 3 is 2.38 bits per heavy atom. The second-order valence-electron chi connectivity index (χ2n) is 10.6. The van der Waals surface area contributed by atoms with E-state index in [0.717, 1.165) is 18.3 Å². The van der Waals surface area contributed by atoms with Crippen molar-refractivity contribution in [2.45, 2.75) is 33.4 Å². The molecule has 0 saturated carbocycles. The summed E-state index contributed by atoms with van der Waals surface area (Å²) in [6.07, 6.45) is 1.80. The lowest BCUT2D eigenvalue weighted by molar-refractivity contribution is -0.143. The molecular formula is C35H30Cl2I2N2O8S. The molecule has 0 radical (unpaired) electrons. The van der Waals surface area contributed by atoms with Crippen LogP contribution in [-0.4, -0.2) is 43.4 Å². The minimum absolute atomic E-state index is 0.140. The lowest BCUT2D eigenvalue weighted by atomic mass is 9.95. The first-order valence-electron chi connectivity index (χ1n) is 15.2. The average Bonchev–Trinajstić information content (AvgIpc) is 3.37. The maximum absolute atomic E-state index is 14.2. The molecule has 2 heterocycles. The van der Waals surface area contributed by atoms with Crippen molar-refractivity contribution < 1.29 is 33.3 Å². The quantitative estimate of drug-likeness (QED) is 0.112. The molecule has 1 aliphatic heterocycles. The number of rotatable bonds is 12. The van der Waals surface area contributed by atoms with E-state index in [2.05, 4.69) is 54.9 Å². The molecule has 0 saturated heterocycles. The number of hydrogen-bond acceptors (Lipinski definition) is 10. The van der Waals surface area contributed by atoms with E-state index in [1.807, 2.05) is 25.1 Å². The molecule has 0 unspecified atom stereocenters. The molecule has 15 heteroatoms. The number of methoxy groups -OCH3 is 1. The summed E-state index contributed by atoms with van der Waals surface area (Å²) >= 11 is 18.0. The van der Waals surface area contributed by atoms with Gasteiger partial charge in [-0.3, -0.25) is 9.36 Å². The minimum Gasteiger partial charge on any atom is -0.490 e. The summed E-state index contributed by atoms with van der Waals surface area (Å²) in [6.45, 7) is 5.62. The van der Waals surface area contributed by atoms with Gasteiger partial charge in [-0.1, -0.05) is 46.7 Å². The number of carbonyl (C=O) groups is 2. The predicted octanol–water partition coefficient (Wildman–Crippen LogP) is 6.84. The van der Waals surface area contributed by atoms with Crippen LogP contribution in [0.3, 0.4) is 0 Å². The molecule has 4 aromatic rings. The predicted molar refractivity (Wildman–Crippen MR) is 208 cm³/mol. The summed E-state index contributed by atoms with van der Waals surface area (Å²) in [6, 6.07) is 13.3. The van der Waals surface area contributed by atoms with Gasteiger partial charge in [-0.15, -0.1) is 0 Å². The third-order valence-electron chi connectivity index (χ3n) is 7.38. The lowest BCUT2D eigenvalue weighted by Crippen LogP contribution is -2.40. The highest BCUT2D eigenvalue weighted by Gasteiger charge is 2.34. The Morgan fingerprint density at radius 2 is 1.72 bits per heavy atom. The molecule has 0 fully saturated rings. The number of aromatic nitrogens is 1. The fraction of sp³-hybridized carbons (Fsp3) is 0.257. The molecule has 262 valence electrons. The van der Waals surface area contributed by atoms with Gasteiger partial charge in [0, 0.05) is 15.6 Å². The first-order chi connectivity index (χ1) is 23.9. The van der Waals surface area contributed by atoms with Crippen LogP contribution in [0.1, 0.15) is 43.5 Å². The smallest absolute Gasteiger partial charge is 0.343 e. The van der Waals surface area contributed by atoms with Crippen molar-refractivity contribution >= 4 is 97.7 Å². The van der Waals surface area contributed by atoms with Crippen LogP contribution in [0.15, 0.2) is 69.6 Å². The molecule has 0 amide bonds. The van der Waals surface area contributed by atoms with Gasteiger partial charge >= 0.3 is 11.9 Å². The number of hydrogen-bond donors (Lipinski definition) is 0. The van der Waals surface area contributed by atoms with Gasteiger partial charge in [-0.05, 0) is 120 Å². The maximum Gasteiger partial charge on any atom is 0.343 e. The number of carbonyl (C=O) groups excluding carboxylic acids is 2. The van der Waals surface area contributed by atoms with Crippen molar-refractivity contribution in [1.29, 1.82) is 0 Å². The third-order valence-corrected chi connectivity index (χ3v) is 10.6. The molecule has 0 aliphatic carbocycles. The first kappa shape index (κ1) is 38.1. The Labute approximate surface area is 328 Å². The van der Waals surface area contributed by atoms with Crippen molar-refractivity contribution in [2.24, 2.45) is 4.99 Å². The standard InChI is InChI=1S/C35H30Cl2I2N2O8S/c1-5-46-27-14-20(8-10-26(27)48-17-29(42)45-4)31-30(34(44)47-6-2)18(3)40-35-41(31)33(43)28(50-35)13-19-11-24(38)32(25(39)12-19)49-16-21-7-9-22(36)15-23(21)37/h7-15,31H,5-6,16-17H2,1-4H3/b28-13-/t31-/m1/s1. The van der Waals surface area contributed by atoms with Crippen molar-refractivity contribution in [3.63, 3.8) is 0 Å². The van der Waals surface area contributed by atoms with E-state index in [4.69, 9.17) is 42.1 Å². The topological polar surface area (TPSA) is 115 Å². The number of fused-ring (bicyclic) bond motifs is 1. The van der Waals surface area contributed by atoms with E-state index in [1.54, 1.807) is 50.3 Å². The second kappa shape index (κ2) is 16.9. The number of nitrogens with zero attached hydrogens (tertiary/aromatic N) is 2. The highest BCUT2D eigenvalue weighted by molar-refractivity contribution is 14.1. The maximum atomic E-state index is 14.2. The van der Waals surface area contributed by atoms with Crippen LogP contribution in [0.2, 0.25) is 10.0 Å². The number of thiazole rings is 1. The molecule has 50 heavy (non-hydrogen) atoms. The summed E-state index contributed by atoms with van der Waals surface area (Å²) in [4.78, 5) is 44.4. The van der Waals surface area contributed by atoms with Crippen molar-refractivity contribution in [2.75, 3.05) is 26.9 Å². The van der Waals surface area contributed by atoms with E-state index in [0.29, 0.717) is 54.5 Å². The zero-order chi connectivity index (χ0) is 36.1. The van der Waals surface area contributed by atoms with Gasteiger partial charge < -0.3 is 23.7 Å². The van der Waals surface area contributed by atoms with Gasteiger partial charge in [0.2, 0.25) is 0 Å². The molecule has 0 N–H and O–H groups in total. The highest BCUT2D eigenvalue weighted by atomic mass is 127. The minimum atomic E-state index is -0.878. The van der Waals surface area contributed by atoms with Gasteiger partial charge in [0.05, 0.1) is 49.3 Å². The van der Waals surface area contributed by atoms with E-state index in [9.17, 15) is 14.4 Å². The molecule has 1 aromatic heterocycles. The zero-order valence-corrected chi connectivity index (χ0v) is 33.8. The molecule has 0 spiro atoms. The van der Waals surface area contributed by atoms with Gasteiger partial charge in [0.15, 0.2) is 22.9 Å². The number of benzene rings is 3. The average molecular weight is 963 g/mol. The van der Waals surface area contributed by atoms with Gasteiger partial charge in [-0.25, -0.2) is 14.6 Å². The van der Waals surface area contributed by atoms with E-state index < -0.39 is 18.0 Å². The van der Waals surface area contributed by atoms with Crippen LogP contribution in [-0.2, 0) is 25.7 Å². The summed E-state index contributed by atoms with van der Waals surface area (Å²) < 4.78 is 31.3. The van der Waals surface area contributed by atoms with E-state index in [-0.39, 0.29) is 31.0 Å². The number of halogens is 4. The SMILES string of the molecule is CCOC(=O)C1=C(C)N=c2s/c(=C\c3cc(I)c(OCc4ccc(Cl)cc4Cl)c(I)c3)c(=O)n2[C@@H]1c1ccc(OCC(=O)OC)c(OCC)c1. The Morgan fingerprint density at radius 1 is 0.980 bits per heavy atom. The van der Waals surface area contributed by atoms with Crippen molar-refractivity contribution in [1.82, 2.24) is 4.57 Å². The van der Waals surface area contributed by atoms with Gasteiger partial charge in [0.1, 0.15) is 12.4 Å². The Bertz CT molecular complexity index is 2160. The normalized spacial score (nSPS) is 14.2. The lowest BCUT2D eigenvalue weighted by Gasteiger charge is -2.25. The van der Waals surface area contributed by atoms with Crippen LogP contribution in [0.5, 0.6) is 17.2 Å². The van der Waals surface area contributed by atoms with Crippen molar-refractivity contribution in [3.05, 3.63) is 113 Å². The monoisotopic (exact) mass is 962 g/mol. The first-order valence-corrected chi connectivity index (χ1v) is 18.9. The summed E-state index contributed by atoms with van der Waals surface area (Å²) in [5.41, 5.74) is 2.47. The van der Waals surface area contributed by atoms with Gasteiger partial charge in [0.25, 0.3) is 5.56 Å². The Kier molecular flexibility index (Phi) is 12.9. The van der Waals surface area contributed by atoms with Crippen molar-refractivity contribution in [3.8, 4) is 17.2 Å². The molecule has 5 rings (SSSR count). The molecular weight excluding hydrogens is 933 g/mol. The van der Waals surface area contributed by atoms with Crippen LogP contribution >= 0.6 is 79.7 Å². The molecule has 1 atom stereocenters. The molecule has 3 aromatic carbocycles. The Hall–Kier alpha value is -3.12. The summed E-state index contributed by atoms with van der Waals surface area (Å²) in [5, 5.41) is 1.07. The molecule has 10 nitrogen and oxygen atoms in total. The van der Waals surface area contributed by atoms with Crippen LogP contribution in [0, 0.1) is 7.14 Å². The molecule has 1 aliphatic rings. The number of esters is 2. The fourth-order valence-electron chi connectivity index (χ4n) is 5.13. The van der Waals surface area contributed by atoms with Crippen LogP contribution in [0.4, 0.5) is 0 Å². The highest BCUT2D eigenvalue weighted by Crippen LogP contribution is 2.37. The second-order valence-corrected chi connectivity index (χ2v) is 14.8.